The summed E-state index contributed by atoms with van der Waals surface area (Å²) in [7, 11) is 0. The maximum Gasteiger partial charge on any atom is 0.251 e. The lowest BCUT2D eigenvalue weighted by Crippen LogP contribution is -2.27. The zero-order valence-corrected chi connectivity index (χ0v) is 9.16. The van der Waals surface area contributed by atoms with Crippen LogP contribution in [-0.4, -0.2) is 33.3 Å². The fourth-order valence-electron chi connectivity index (χ4n) is 1.06. The van der Waals surface area contributed by atoms with Crippen molar-refractivity contribution in [2.24, 2.45) is 0 Å². The topological polar surface area (TPSA) is 86.3 Å². The largest absolute Gasteiger partial charge is 0.772 e. The Hall–Kier alpha value is -1.53. The number of hydrogen-bond acceptors (Lipinski definition) is 4. The van der Waals surface area contributed by atoms with Crippen LogP contribution < -0.4 is 5.32 Å². The Morgan fingerprint density at radius 2 is 2.00 bits per heavy atom. The highest BCUT2D eigenvalue weighted by Gasteiger charge is 2.03. The Balaban J connectivity index is 2.52. The van der Waals surface area contributed by atoms with Crippen LogP contribution in [0.15, 0.2) is 24.3 Å². The number of benzene rings is 1. The van der Waals surface area contributed by atoms with E-state index < -0.39 is 11.1 Å². The number of aldehydes is 1. The molecule has 1 aromatic carbocycles. The minimum Gasteiger partial charge on any atom is -0.772 e. The quantitative estimate of drug-likeness (QED) is 0.584. The van der Waals surface area contributed by atoms with E-state index in [1.165, 1.54) is 24.3 Å². The average Bonchev–Trinajstić information content (AvgIpc) is 2.28. The second-order valence-corrected chi connectivity index (χ2v) is 4.02. The van der Waals surface area contributed by atoms with Crippen LogP contribution in [0.1, 0.15) is 20.7 Å². The van der Waals surface area contributed by atoms with Crippen molar-refractivity contribution in [1.29, 1.82) is 0 Å². The molecule has 16 heavy (non-hydrogen) atoms. The van der Waals surface area contributed by atoms with Crippen molar-refractivity contribution in [3.05, 3.63) is 35.4 Å². The third kappa shape index (κ3) is 3.92. The Morgan fingerprint density at radius 1 is 1.38 bits per heavy atom. The number of hydrogen-bond donors (Lipinski definition) is 1. The summed E-state index contributed by atoms with van der Waals surface area (Å²) >= 11 is -2.15. The van der Waals surface area contributed by atoms with Crippen LogP contribution in [-0.2, 0) is 11.1 Å². The summed E-state index contributed by atoms with van der Waals surface area (Å²) in [6.07, 6.45) is 0.683. The lowest BCUT2D eigenvalue weighted by molar-refractivity contribution is 0.0955. The molecule has 0 heterocycles. The molecule has 0 aromatic heterocycles. The molecule has 1 N–H and O–H groups in total. The van der Waals surface area contributed by atoms with Gasteiger partial charge in [0.1, 0.15) is 6.29 Å². The van der Waals surface area contributed by atoms with Crippen LogP contribution in [0.25, 0.3) is 0 Å². The molecule has 0 radical (unpaired) electrons. The first kappa shape index (κ1) is 12.5. The third-order valence-electron chi connectivity index (χ3n) is 1.86. The highest BCUT2D eigenvalue weighted by atomic mass is 32.2. The molecule has 0 saturated heterocycles. The van der Waals surface area contributed by atoms with Gasteiger partial charge in [-0.15, -0.1) is 0 Å². The van der Waals surface area contributed by atoms with Crippen molar-refractivity contribution in [3.63, 3.8) is 0 Å². The number of carbonyl (C=O) groups excluding carboxylic acids is 2. The molecule has 1 aromatic rings. The number of amides is 1. The molecule has 0 fully saturated rings. The van der Waals surface area contributed by atoms with Crippen LogP contribution in [0.4, 0.5) is 0 Å². The Kier molecular flexibility index (Phi) is 4.81. The van der Waals surface area contributed by atoms with Crippen LogP contribution in [0.5, 0.6) is 0 Å². The SMILES string of the molecule is O=Cc1ccc(C(=O)NCCS(=O)[O-])cc1. The first-order valence-electron chi connectivity index (χ1n) is 4.53. The van der Waals surface area contributed by atoms with Crippen molar-refractivity contribution in [3.8, 4) is 0 Å². The van der Waals surface area contributed by atoms with Gasteiger partial charge in [-0.25, -0.2) is 0 Å². The van der Waals surface area contributed by atoms with Gasteiger partial charge in [0.2, 0.25) is 0 Å². The molecule has 5 nitrogen and oxygen atoms in total. The van der Waals surface area contributed by atoms with Gasteiger partial charge in [-0.05, 0) is 12.1 Å². The van der Waals surface area contributed by atoms with Gasteiger partial charge in [-0.2, -0.15) is 0 Å². The Bertz CT molecular complexity index is 402. The predicted molar refractivity (Wildman–Crippen MR) is 57.9 cm³/mol. The van der Waals surface area contributed by atoms with Gasteiger partial charge in [-0.1, -0.05) is 23.2 Å². The second kappa shape index (κ2) is 6.14. The Labute approximate surface area is 95.1 Å². The van der Waals surface area contributed by atoms with E-state index in [-0.39, 0.29) is 18.2 Å². The zero-order chi connectivity index (χ0) is 12.0. The standard InChI is InChI=1S/C10H11NO4S/c12-7-8-1-3-9(4-2-8)10(13)11-5-6-16(14)15/h1-4,7H,5-6H2,(H,11,13)(H,14,15)/p-1. The maximum atomic E-state index is 11.4. The van der Waals surface area contributed by atoms with Gasteiger partial charge in [-0.3, -0.25) is 13.8 Å². The van der Waals surface area contributed by atoms with Crippen molar-refractivity contribution in [1.82, 2.24) is 5.32 Å². The second-order valence-electron chi connectivity index (χ2n) is 3.00. The summed E-state index contributed by atoms with van der Waals surface area (Å²) in [5.41, 5.74) is 0.875. The summed E-state index contributed by atoms with van der Waals surface area (Å²) in [4.78, 5) is 21.8. The highest BCUT2D eigenvalue weighted by Crippen LogP contribution is 2.01. The molecular weight excluding hydrogens is 230 g/mol. The van der Waals surface area contributed by atoms with Crippen LogP contribution in [0.2, 0.25) is 0 Å². The number of nitrogens with one attached hydrogen (secondary N) is 1. The van der Waals surface area contributed by atoms with Gasteiger partial charge >= 0.3 is 0 Å². The van der Waals surface area contributed by atoms with Gasteiger partial charge in [0, 0.05) is 23.4 Å². The monoisotopic (exact) mass is 240 g/mol. The molecule has 6 heteroatoms. The minimum atomic E-state index is -2.15. The van der Waals surface area contributed by atoms with E-state index in [9.17, 15) is 18.4 Å². The maximum absolute atomic E-state index is 11.4. The summed E-state index contributed by atoms with van der Waals surface area (Å²) < 4.78 is 20.4. The van der Waals surface area contributed by atoms with Crippen LogP contribution in [0.3, 0.4) is 0 Å². The van der Waals surface area contributed by atoms with E-state index in [1.54, 1.807) is 0 Å². The first-order chi connectivity index (χ1) is 7.63. The van der Waals surface area contributed by atoms with E-state index in [2.05, 4.69) is 5.32 Å². The lowest BCUT2D eigenvalue weighted by atomic mass is 10.1. The molecule has 0 spiro atoms. The molecule has 1 atom stereocenters. The fraction of sp³-hybridized carbons (Fsp3) is 0.200. The molecular formula is C10H10NO4S-. The highest BCUT2D eigenvalue weighted by molar-refractivity contribution is 7.79. The smallest absolute Gasteiger partial charge is 0.251 e. The van der Waals surface area contributed by atoms with Gasteiger partial charge in [0.25, 0.3) is 5.91 Å². The van der Waals surface area contributed by atoms with E-state index >= 15 is 0 Å². The van der Waals surface area contributed by atoms with Gasteiger partial charge in [0.15, 0.2) is 0 Å². The van der Waals surface area contributed by atoms with Crippen molar-refractivity contribution in [2.75, 3.05) is 12.3 Å². The predicted octanol–water partition coefficient (Wildman–Crippen LogP) is 0.108. The van der Waals surface area contributed by atoms with Crippen molar-refractivity contribution in [2.45, 2.75) is 0 Å². The van der Waals surface area contributed by atoms with Gasteiger partial charge < -0.3 is 9.87 Å². The molecule has 1 unspecified atom stereocenters. The molecule has 1 rings (SSSR count). The number of carbonyl (C=O) groups is 2. The van der Waals surface area contributed by atoms with Crippen LogP contribution in [0, 0.1) is 0 Å². The summed E-state index contributed by atoms with van der Waals surface area (Å²) in [6, 6.07) is 6.06. The van der Waals surface area contributed by atoms with Crippen LogP contribution >= 0.6 is 0 Å². The molecule has 0 aliphatic rings. The van der Waals surface area contributed by atoms with E-state index in [0.29, 0.717) is 17.4 Å². The third-order valence-corrected chi connectivity index (χ3v) is 2.40. The summed E-state index contributed by atoms with van der Waals surface area (Å²) in [5, 5.41) is 2.45. The van der Waals surface area contributed by atoms with Crippen molar-refractivity contribution < 1.29 is 18.4 Å². The van der Waals surface area contributed by atoms with E-state index in [0.717, 1.165) is 0 Å². The van der Waals surface area contributed by atoms with E-state index in [1.807, 2.05) is 0 Å². The minimum absolute atomic E-state index is 0.0738. The van der Waals surface area contributed by atoms with E-state index in [4.69, 9.17) is 0 Å². The average molecular weight is 240 g/mol. The molecule has 0 aliphatic heterocycles. The molecule has 86 valence electrons. The fourth-order valence-corrected chi connectivity index (χ4v) is 1.33. The molecule has 0 aliphatic carbocycles. The summed E-state index contributed by atoms with van der Waals surface area (Å²) in [6.45, 7) is 0.0738. The molecule has 0 bridgehead atoms. The molecule has 1 amide bonds. The van der Waals surface area contributed by atoms with Crippen molar-refractivity contribution >= 4 is 23.3 Å². The zero-order valence-electron chi connectivity index (χ0n) is 8.34. The lowest BCUT2D eigenvalue weighted by Gasteiger charge is -2.06. The molecule has 0 saturated carbocycles. The Morgan fingerprint density at radius 3 is 2.50 bits per heavy atom. The first-order valence-corrected chi connectivity index (χ1v) is 5.77. The summed E-state index contributed by atoms with van der Waals surface area (Å²) in [5.74, 6) is -0.471. The normalized spacial score (nSPS) is 11.8. The van der Waals surface area contributed by atoms with Gasteiger partial charge in [0.05, 0.1) is 0 Å². The number of rotatable bonds is 5.